The minimum Gasteiger partial charge on any atom is -0.372 e. The van der Waals surface area contributed by atoms with E-state index in [1.54, 1.807) is 6.92 Å². The first-order chi connectivity index (χ1) is 6.22. The van der Waals surface area contributed by atoms with Crippen molar-refractivity contribution >= 4 is 5.91 Å². The summed E-state index contributed by atoms with van der Waals surface area (Å²) in [5.41, 5.74) is 5.33. The van der Waals surface area contributed by atoms with Crippen LogP contribution in [0.25, 0.3) is 0 Å². The Labute approximate surface area is 79.8 Å². The second-order valence-corrected chi connectivity index (χ2v) is 3.02. The Balaban J connectivity index is 3.27. The average Bonchev–Trinajstić information content (AvgIpc) is 2.16. The second kappa shape index (κ2) is 8.01. The number of nitrogens with two attached hydrogens (primary N) is 1. The van der Waals surface area contributed by atoms with Crippen LogP contribution in [0.3, 0.4) is 0 Å². The van der Waals surface area contributed by atoms with E-state index in [4.69, 9.17) is 10.5 Å². The minimum atomic E-state index is -0.352. The third kappa shape index (κ3) is 6.54. The summed E-state index contributed by atoms with van der Waals surface area (Å²) in [5.74, 6) is -0.0461. The molecule has 1 amide bonds. The van der Waals surface area contributed by atoms with Crippen LogP contribution in [0.2, 0.25) is 0 Å². The van der Waals surface area contributed by atoms with Crippen LogP contribution in [-0.2, 0) is 9.53 Å². The van der Waals surface area contributed by atoms with Gasteiger partial charge in [0.15, 0.2) is 0 Å². The largest absolute Gasteiger partial charge is 0.372 e. The van der Waals surface area contributed by atoms with Gasteiger partial charge in [-0.3, -0.25) is 4.79 Å². The van der Waals surface area contributed by atoms with E-state index in [0.29, 0.717) is 6.54 Å². The molecule has 0 spiro atoms. The normalized spacial score (nSPS) is 12.5. The molecule has 13 heavy (non-hydrogen) atoms. The fourth-order valence-corrected chi connectivity index (χ4v) is 0.908. The Morgan fingerprint density at radius 2 is 2.15 bits per heavy atom. The lowest BCUT2D eigenvalue weighted by atomic mass is 10.2. The summed E-state index contributed by atoms with van der Waals surface area (Å²) in [6, 6.07) is 0. The predicted octanol–water partition coefficient (Wildman–Crippen LogP) is 0.267. The Hall–Kier alpha value is -0.610. The predicted molar refractivity (Wildman–Crippen MR) is 52.4 cm³/mol. The lowest BCUT2D eigenvalue weighted by molar-refractivity contribution is -0.130. The highest BCUT2D eigenvalue weighted by atomic mass is 16.5. The molecular formula is C9H20N2O2. The minimum absolute atomic E-state index is 0.0461. The summed E-state index contributed by atoms with van der Waals surface area (Å²) in [5, 5.41) is 2.79. The van der Waals surface area contributed by atoms with E-state index < -0.39 is 0 Å². The van der Waals surface area contributed by atoms with Gasteiger partial charge in [0.2, 0.25) is 5.91 Å². The Morgan fingerprint density at radius 1 is 1.46 bits per heavy atom. The molecule has 0 fully saturated rings. The number of rotatable bonds is 7. The third-order valence-corrected chi connectivity index (χ3v) is 1.90. The molecule has 0 rings (SSSR count). The molecule has 0 aliphatic rings. The number of unbranched alkanes of at least 4 members (excludes halogenated alkanes) is 2. The van der Waals surface area contributed by atoms with Gasteiger partial charge in [-0.05, 0) is 26.3 Å². The molecule has 0 radical (unpaired) electrons. The van der Waals surface area contributed by atoms with E-state index in [-0.39, 0.29) is 12.0 Å². The van der Waals surface area contributed by atoms with Crippen LogP contribution in [0.5, 0.6) is 0 Å². The summed E-state index contributed by atoms with van der Waals surface area (Å²) < 4.78 is 4.86. The van der Waals surface area contributed by atoms with Gasteiger partial charge in [0.1, 0.15) is 6.10 Å². The van der Waals surface area contributed by atoms with Gasteiger partial charge < -0.3 is 15.8 Å². The van der Waals surface area contributed by atoms with E-state index in [1.807, 2.05) is 0 Å². The molecule has 78 valence electrons. The van der Waals surface area contributed by atoms with Gasteiger partial charge in [-0.15, -0.1) is 0 Å². The highest BCUT2D eigenvalue weighted by Gasteiger charge is 2.09. The zero-order valence-electron chi connectivity index (χ0n) is 8.51. The molecule has 0 bridgehead atoms. The number of nitrogens with one attached hydrogen (secondary N) is 1. The van der Waals surface area contributed by atoms with Crippen LogP contribution in [0, 0.1) is 0 Å². The van der Waals surface area contributed by atoms with Crippen LogP contribution >= 0.6 is 0 Å². The molecule has 4 heteroatoms. The fourth-order valence-electron chi connectivity index (χ4n) is 0.908. The van der Waals surface area contributed by atoms with E-state index in [0.717, 1.165) is 25.8 Å². The van der Waals surface area contributed by atoms with Crippen molar-refractivity contribution in [2.24, 2.45) is 5.73 Å². The summed E-state index contributed by atoms with van der Waals surface area (Å²) in [4.78, 5) is 11.1. The van der Waals surface area contributed by atoms with Crippen LogP contribution in [0.4, 0.5) is 0 Å². The van der Waals surface area contributed by atoms with Crippen molar-refractivity contribution in [1.29, 1.82) is 0 Å². The number of methoxy groups -OCH3 is 1. The van der Waals surface area contributed by atoms with Crippen molar-refractivity contribution in [2.75, 3.05) is 20.2 Å². The first-order valence-corrected chi connectivity index (χ1v) is 4.73. The molecule has 0 saturated heterocycles. The summed E-state index contributed by atoms with van der Waals surface area (Å²) in [7, 11) is 1.53. The molecular weight excluding hydrogens is 168 g/mol. The molecule has 0 aromatic heterocycles. The summed E-state index contributed by atoms with van der Waals surface area (Å²) >= 11 is 0. The van der Waals surface area contributed by atoms with Gasteiger partial charge in [-0.25, -0.2) is 0 Å². The number of ether oxygens (including phenoxy) is 1. The topological polar surface area (TPSA) is 64.3 Å². The van der Waals surface area contributed by atoms with E-state index in [9.17, 15) is 4.79 Å². The fraction of sp³-hybridized carbons (Fsp3) is 0.889. The molecule has 1 atom stereocenters. The van der Waals surface area contributed by atoms with Crippen LogP contribution in [-0.4, -0.2) is 32.2 Å². The molecule has 4 nitrogen and oxygen atoms in total. The molecule has 0 aromatic carbocycles. The summed E-state index contributed by atoms with van der Waals surface area (Å²) in [6.45, 7) is 3.17. The van der Waals surface area contributed by atoms with Crippen molar-refractivity contribution in [3.05, 3.63) is 0 Å². The Kier molecular flexibility index (Phi) is 7.63. The number of carbonyl (C=O) groups excluding carboxylic acids is 1. The Bertz CT molecular complexity index is 140. The monoisotopic (exact) mass is 188 g/mol. The second-order valence-electron chi connectivity index (χ2n) is 3.02. The molecule has 3 N–H and O–H groups in total. The maximum absolute atomic E-state index is 11.1. The highest BCUT2D eigenvalue weighted by Crippen LogP contribution is 1.92. The Morgan fingerprint density at radius 3 is 2.69 bits per heavy atom. The zero-order valence-corrected chi connectivity index (χ0v) is 8.51. The van der Waals surface area contributed by atoms with E-state index in [1.165, 1.54) is 7.11 Å². The molecule has 0 heterocycles. The maximum Gasteiger partial charge on any atom is 0.248 e. The lowest BCUT2D eigenvalue weighted by Gasteiger charge is -2.09. The van der Waals surface area contributed by atoms with E-state index in [2.05, 4.69) is 5.32 Å². The summed E-state index contributed by atoms with van der Waals surface area (Å²) in [6.07, 6.45) is 2.72. The van der Waals surface area contributed by atoms with Crippen molar-refractivity contribution in [3.8, 4) is 0 Å². The number of hydrogen-bond acceptors (Lipinski definition) is 3. The van der Waals surface area contributed by atoms with E-state index >= 15 is 0 Å². The number of amides is 1. The maximum atomic E-state index is 11.1. The molecule has 0 aliphatic heterocycles. The van der Waals surface area contributed by atoms with Crippen molar-refractivity contribution in [1.82, 2.24) is 5.32 Å². The van der Waals surface area contributed by atoms with Crippen molar-refractivity contribution < 1.29 is 9.53 Å². The molecule has 0 aromatic rings. The molecule has 0 aliphatic carbocycles. The van der Waals surface area contributed by atoms with Crippen LogP contribution in [0.15, 0.2) is 0 Å². The van der Waals surface area contributed by atoms with Crippen molar-refractivity contribution in [3.63, 3.8) is 0 Å². The van der Waals surface area contributed by atoms with Gasteiger partial charge in [0.05, 0.1) is 0 Å². The first-order valence-electron chi connectivity index (χ1n) is 4.73. The first kappa shape index (κ1) is 12.4. The number of hydrogen-bond donors (Lipinski definition) is 2. The van der Waals surface area contributed by atoms with Gasteiger partial charge in [-0.1, -0.05) is 6.42 Å². The third-order valence-electron chi connectivity index (χ3n) is 1.90. The molecule has 1 unspecified atom stereocenters. The smallest absolute Gasteiger partial charge is 0.248 e. The zero-order chi connectivity index (χ0) is 10.1. The molecule has 0 saturated carbocycles. The van der Waals surface area contributed by atoms with Gasteiger partial charge in [0.25, 0.3) is 0 Å². The SMILES string of the molecule is COC(C)C(=O)NCCCCCN. The quantitative estimate of drug-likeness (QED) is 0.563. The van der Waals surface area contributed by atoms with Crippen molar-refractivity contribution in [2.45, 2.75) is 32.3 Å². The van der Waals surface area contributed by atoms with Gasteiger partial charge in [0, 0.05) is 13.7 Å². The van der Waals surface area contributed by atoms with Crippen LogP contribution in [0.1, 0.15) is 26.2 Å². The van der Waals surface area contributed by atoms with Crippen LogP contribution < -0.4 is 11.1 Å². The highest BCUT2D eigenvalue weighted by molar-refractivity contribution is 5.80. The van der Waals surface area contributed by atoms with Gasteiger partial charge in [-0.2, -0.15) is 0 Å². The average molecular weight is 188 g/mol. The van der Waals surface area contributed by atoms with Gasteiger partial charge >= 0.3 is 0 Å². The standard InChI is InChI=1S/C9H20N2O2/c1-8(13-2)9(12)11-7-5-3-4-6-10/h8H,3-7,10H2,1-2H3,(H,11,12). The number of carbonyl (C=O) groups is 1. The lowest BCUT2D eigenvalue weighted by Crippen LogP contribution is -2.34.